The third-order valence-corrected chi connectivity index (χ3v) is 5.21. The van der Waals surface area contributed by atoms with Crippen molar-refractivity contribution in [1.82, 2.24) is 14.8 Å². The first-order chi connectivity index (χ1) is 12.2. The average Bonchev–Trinajstić information content (AvgIpc) is 2.69. The van der Waals surface area contributed by atoms with Crippen LogP contribution in [0.15, 0.2) is 48.7 Å². The van der Waals surface area contributed by atoms with E-state index in [0.717, 1.165) is 36.9 Å². The van der Waals surface area contributed by atoms with Crippen LogP contribution in [0.25, 0.3) is 0 Å². The molecule has 3 heterocycles. The summed E-state index contributed by atoms with van der Waals surface area (Å²) in [5.74, 6) is 0.116. The lowest BCUT2D eigenvalue weighted by Gasteiger charge is -2.40. The number of nitrogens with zero attached hydrogens (tertiary/aromatic N) is 3. The summed E-state index contributed by atoms with van der Waals surface area (Å²) in [5, 5.41) is 0. The Morgan fingerprint density at radius 3 is 2.52 bits per heavy atom. The molecule has 2 aliphatic rings. The number of rotatable bonds is 2. The van der Waals surface area contributed by atoms with E-state index in [1.807, 2.05) is 46.2 Å². The van der Waals surface area contributed by atoms with Gasteiger partial charge in [0, 0.05) is 37.4 Å². The number of benzene rings is 1. The van der Waals surface area contributed by atoms with Crippen LogP contribution in [-0.2, 0) is 6.42 Å². The lowest BCUT2D eigenvalue weighted by atomic mass is 9.95. The van der Waals surface area contributed by atoms with Crippen molar-refractivity contribution in [1.29, 1.82) is 0 Å². The molecule has 1 fully saturated rings. The second-order valence-corrected chi connectivity index (χ2v) is 6.64. The molecule has 0 saturated carbocycles. The summed E-state index contributed by atoms with van der Waals surface area (Å²) in [6.07, 6.45) is 4.21. The molecule has 2 aromatic rings. The van der Waals surface area contributed by atoms with Crippen molar-refractivity contribution in [2.75, 3.05) is 19.6 Å². The Balaban J connectivity index is 1.41. The molecule has 0 unspecified atom stereocenters. The fraction of sp³-hybridized carbons (Fsp3) is 0.350. The largest absolute Gasteiger partial charge is 0.337 e. The topological polar surface area (TPSA) is 53.5 Å². The monoisotopic (exact) mass is 335 g/mol. The first-order valence-corrected chi connectivity index (χ1v) is 8.83. The van der Waals surface area contributed by atoms with Crippen molar-refractivity contribution >= 4 is 11.8 Å². The lowest BCUT2D eigenvalue weighted by Crippen LogP contribution is -2.50. The summed E-state index contributed by atoms with van der Waals surface area (Å²) in [5.41, 5.74) is 2.47. The zero-order chi connectivity index (χ0) is 17.2. The minimum absolute atomic E-state index is 0.0191. The first-order valence-electron chi connectivity index (χ1n) is 8.83. The molecule has 1 saturated heterocycles. The van der Waals surface area contributed by atoms with Crippen molar-refractivity contribution in [3.63, 3.8) is 0 Å². The molecule has 0 radical (unpaired) electrons. The highest BCUT2D eigenvalue weighted by molar-refractivity contribution is 5.97. The van der Waals surface area contributed by atoms with Gasteiger partial charge in [0.05, 0.1) is 0 Å². The molecule has 2 amide bonds. The molecule has 25 heavy (non-hydrogen) atoms. The minimum Gasteiger partial charge on any atom is -0.337 e. The Morgan fingerprint density at radius 2 is 1.76 bits per heavy atom. The summed E-state index contributed by atoms with van der Waals surface area (Å²) >= 11 is 0. The van der Waals surface area contributed by atoms with E-state index in [2.05, 4.69) is 4.98 Å². The molecule has 2 aliphatic heterocycles. The van der Waals surface area contributed by atoms with Gasteiger partial charge in [-0.1, -0.05) is 24.3 Å². The summed E-state index contributed by atoms with van der Waals surface area (Å²) in [7, 11) is 0. The first kappa shape index (κ1) is 15.8. The van der Waals surface area contributed by atoms with Crippen LogP contribution in [-0.4, -0.2) is 52.3 Å². The number of likely N-dealkylation sites (tertiary alicyclic amines) is 1. The molecule has 4 rings (SSSR count). The molecule has 1 aromatic heterocycles. The quantitative estimate of drug-likeness (QED) is 0.847. The van der Waals surface area contributed by atoms with Gasteiger partial charge in [0.15, 0.2) is 0 Å². The Morgan fingerprint density at radius 1 is 1.00 bits per heavy atom. The van der Waals surface area contributed by atoms with E-state index in [4.69, 9.17) is 0 Å². The Kier molecular flexibility index (Phi) is 4.22. The van der Waals surface area contributed by atoms with Crippen molar-refractivity contribution in [3.8, 4) is 0 Å². The summed E-state index contributed by atoms with van der Waals surface area (Å²) in [6, 6.07) is 13.5. The molecule has 128 valence electrons. The average molecular weight is 335 g/mol. The second-order valence-electron chi connectivity index (χ2n) is 6.64. The Hall–Kier alpha value is -2.69. The molecule has 0 atom stereocenters. The number of amides is 2. The van der Waals surface area contributed by atoms with Crippen LogP contribution < -0.4 is 0 Å². The zero-order valence-electron chi connectivity index (χ0n) is 14.1. The molecule has 5 heteroatoms. The lowest BCUT2D eigenvalue weighted by molar-refractivity contribution is 0.0503. The van der Waals surface area contributed by atoms with Gasteiger partial charge in [0.1, 0.15) is 5.69 Å². The van der Waals surface area contributed by atoms with E-state index in [9.17, 15) is 9.59 Å². The second kappa shape index (κ2) is 6.67. The Labute approximate surface area is 147 Å². The maximum Gasteiger partial charge on any atom is 0.272 e. The van der Waals surface area contributed by atoms with Crippen molar-refractivity contribution < 1.29 is 9.59 Å². The molecule has 1 aromatic carbocycles. The van der Waals surface area contributed by atoms with Gasteiger partial charge in [0.25, 0.3) is 11.8 Å². The van der Waals surface area contributed by atoms with Crippen molar-refractivity contribution in [2.24, 2.45) is 0 Å². The van der Waals surface area contributed by atoms with Gasteiger partial charge in [-0.3, -0.25) is 14.6 Å². The molecule has 0 N–H and O–H groups in total. The van der Waals surface area contributed by atoms with Crippen molar-refractivity contribution in [3.05, 3.63) is 65.5 Å². The molecule has 0 bridgehead atoms. The molecule has 0 aliphatic carbocycles. The summed E-state index contributed by atoms with van der Waals surface area (Å²) < 4.78 is 0. The predicted octanol–water partition coefficient (Wildman–Crippen LogP) is 2.38. The van der Waals surface area contributed by atoms with Gasteiger partial charge in [-0.15, -0.1) is 0 Å². The van der Waals surface area contributed by atoms with Gasteiger partial charge in [-0.05, 0) is 43.0 Å². The van der Waals surface area contributed by atoms with Gasteiger partial charge in [-0.25, -0.2) is 0 Å². The van der Waals surface area contributed by atoms with Crippen LogP contribution in [0.2, 0.25) is 0 Å². The van der Waals surface area contributed by atoms with Gasteiger partial charge < -0.3 is 9.80 Å². The minimum atomic E-state index is -0.0191. The van der Waals surface area contributed by atoms with E-state index < -0.39 is 0 Å². The van der Waals surface area contributed by atoms with Gasteiger partial charge in [-0.2, -0.15) is 0 Å². The number of fused-ring (bicyclic) bond motifs is 1. The van der Waals surface area contributed by atoms with Gasteiger partial charge in [0.2, 0.25) is 0 Å². The Bertz CT molecular complexity index is 783. The number of carbonyl (C=O) groups is 2. The number of aromatic nitrogens is 1. The third kappa shape index (κ3) is 3.02. The molecule has 5 nitrogen and oxygen atoms in total. The highest BCUT2D eigenvalue weighted by atomic mass is 16.2. The highest BCUT2D eigenvalue weighted by Crippen LogP contribution is 2.25. The van der Waals surface area contributed by atoms with E-state index in [1.54, 1.807) is 12.3 Å². The van der Waals surface area contributed by atoms with Crippen molar-refractivity contribution in [2.45, 2.75) is 25.3 Å². The third-order valence-electron chi connectivity index (χ3n) is 5.21. The smallest absolute Gasteiger partial charge is 0.272 e. The molecular weight excluding hydrogens is 314 g/mol. The van der Waals surface area contributed by atoms with Crippen LogP contribution >= 0.6 is 0 Å². The van der Waals surface area contributed by atoms with E-state index in [-0.39, 0.29) is 17.9 Å². The predicted molar refractivity (Wildman–Crippen MR) is 94.3 cm³/mol. The van der Waals surface area contributed by atoms with Crippen LogP contribution in [0, 0.1) is 0 Å². The fourth-order valence-electron chi connectivity index (χ4n) is 3.82. The van der Waals surface area contributed by atoms with Crippen LogP contribution in [0.1, 0.15) is 39.3 Å². The highest BCUT2D eigenvalue weighted by Gasteiger charge is 2.33. The van der Waals surface area contributed by atoms with Crippen LogP contribution in [0.4, 0.5) is 0 Å². The van der Waals surface area contributed by atoms with Gasteiger partial charge >= 0.3 is 0 Å². The zero-order valence-corrected chi connectivity index (χ0v) is 14.1. The van der Waals surface area contributed by atoms with Crippen LogP contribution in [0.3, 0.4) is 0 Å². The summed E-state index contributed by atoms with van der Waals surface area (Å²) in [4.78, 5) is 33.3. The summed E-state index contributed by atoms with van der Waals surface area (Å²) in [6.45, 7) is 2.12. The number of hydrogen-bond donors (Lipinski definition) is 0. The molecular formula is C20H21N3O2. The maximum atomic E-state index is 12.8. The fourth-order valence-corrected chi connectivity index (χ4v) is 3.82. The van der Waals surface area contributed by atoms with E-state index in [1.165, 1.54) is 0 Å². The molecule has 0 spiro atoms. The SMILES string of the molecule is O=C(c1ccccn1)N1CCC(N2CCc3ccccc3C2=O)CC1. The van der Waals surface area contributed by atoms with E-state index in [0.29, 0.717) is 18.8 Å². The standard InChI is InChI=1S/C20H21N3O2/c24-19-17-6-2-1-5-15(17)8-14-23(19)16-9-12-22(13-10-16)20(25)18-7-3-4-11-21-18/h1-7,11,16H,8-10,12-14H2. The number of carbonyl (C=O) groups excluding carboxylic acids is 2. The number of pyridine rings is 1. The normalized spacial score (nSPS) is 18.2. The maximum absolute atomic E-state index is 12.8. The number of hydrogen-bond acceptors (Lipinski definition) is 3. The van der Waals surface area contributed by atoms with Crippen LogP contribution in [0.5, 0.6) is 0 Å². The van der Waals surface area contributed by atoms with E-state index >= 15 is 0 Å². The number of piperidine rings is 1.